The summed E-state index contributed by atoms with van der Waals surface area (Å²) in [6, 6.07) is 11.1. The number of nitrogens with zero attached hydrogens (tertiary/aromatic N) is 1. The minimum absolute atomic E-state index is 0.189. The van der Waals surface area contributed by atoms with Gasteiger partial charge in [0.15, 0.2) is 6.61 Å². The van der Waals surface area contributed by atoms with E-state index in [1.807, 2.05) is 24.3 Å². The lowest BCUT2D eigenvalue weighted by molar-refractivity contribution is 0.0473. The van der Waals surface area contributed by atoms with Crippen LogP contribution < -0.4 is 0 Å². The maximum Gasteiger partial charge on any atom is 0.339 e. The van der Waals surface area contributed by atoms with Crippen molar-refractivity contribution in [1.29, 1.82) is 0 Å². The van der Waals surface area contributed by atoms with Gasteiger partial charge >= 0.3 is 5.97 Å². The Labute approximate surface area is 176 Å². The van der Waals surface area contributed by atoms with Gasteiger partial charge in [-0.3, -0.25) is 9.78 Å². The number of para-hydroxylation sites is 1. The van der Waals surface area contributed by atoms with Crippen molar-refractivity contribution in [3.05, 3.63) is 65.1 Å². The van der Waals surface area contributed by atoms with Gasteiger partial charge in [-0.05, 0) is 54.4 Å². The molecule has 1 aliphatic rings. The van der Waals surface area contributed by atoms with E-state index >= 15 is 0 Å². The number of rotatable bonds is 6. The van der Waals surface area contributed by atoms with E-state index in [9.17, 15) is 9.59 Å². The summed E-state index contributed by atoms with van der Waals surface area (Å²) in [5, 5.41) is 0.795. The topological polar surface area (TPSA) is 72.0 Å². The molecule has 5 nitrogen and oxygen atoms in total. The molecule has 0 bridgehead atoms. The van der Waals surface area contributed by atoms with Crippen LogP contribution in [0.1, 0.15) is 65.7 Å². The van der Waals surface area contributed by atoms with Crippen molar-refractivity contribution >= 4 is 22.7 Å². The zero-order valence-corrected chi connectivity index (χ0v) is 17.8. The summed E-state index contributed by atoms with van der Waals surface area (Å²) >= 11 is 0. The van der Waals surface area contributed by atoms with Crippen LogP contribution in [0.3, 0.4) is 0 Å². The molecule has 0 saturated carbocycles. The molecule has 0 saturated heterocycles. The van der Waals surface area contributed by atoms with Crippen LogP contribution in [-0.2, 0) is 17.6 Å². The first-order chi connectivity index (χ1) is 14.4. The number of carbonyl (C=O) groups is 2. The van der Waals surface area contributed by atoms with Gasteiger partial charge in [0.05, 0.1) is 16.8 Å². The van der Waals surface area contributed by atoms with Gasteiger partial charge in [0.1, 0.15) is 0 Å². The molecular weight excluding hydrogens is 376 g/mol. The van der Waals surface area contributed by atoms with Gasteiger partial charge in [-0.2, -0.15) is 0 Å². The summed E-state index contributed by atoms with van der Waals surface area (Å²) < 4.78 is 5.50. The number of esters is 1. The van der Waals surface area contributed by atoms with Crippen molar-refractivity contribution < 1.29 is 14.3 Å². The summed E-state index contributed by atoms with van der Waals surface area (Å²) in [5.41, 5.74) is 3.98. The Balaban J connectivity index is 1.70. The molecule has 0 fully saturated rings. The van der Waals surface area contributed by atoms with E-state index in [1.54, 1.807) is 18.3 Å². The van der Waals surface area contributed by atoms with E-state index in [0.29, 0.717) is 17.2 Å². The Hall–Kier alpha value is -2.95. The molecule has 4 rings (SSSR count). The van der Waals surface area contributed by atoms with Crippen molar-refractivity contribution in [3.8, 4) is 0 Å². The van der Waals surface area contributed by atoms with Gasteiger partial charge in [-0.15, -0.1) is 0 Å². The van der Waals surface area contributed by atoms with Gasteiger partial charge in [-0.1, -0.05) is 45.4 Å². The van der Waals surface area contributed by atoms with Crippen LogP contribution in [-0.4, -0.2) is 28.3 Å². The molecule has 0 aliphatic heterocycles. The predicted molar refractivity (Wildman–Crippen MR) is 117 cm³/mol. The third-order valence-corrected chi connectivity index (χ3v) is 6.71. The fraction of sp³-hybridized carbons (Fsp3) is 0.400. The van der Waals surface area contributed by atoms with Crippen molar-refractivity contribution in [3.63, 3.8) is 0 Å². The second kappa shape index (κ2) is 8.05. The number of hydrogen-bond donors (Lipinski definition) is 1. The molecule has 1 N–H and O–H groups in total. The minimum Gasteiger partial charge on any atom is -0.454 e. The van der Waals surface area contributed by atoms with Crippen molar-refractivity contribution in [2.75, 3.05) is 6.61 Å². The summed E-state index contributed by atoms with van der Waals surface area (Å²) in [6.45, 7) is 6.53. The largest absolute Gasteiger partial charge is 0.454 e. The highest BCUT2D eigenvalue weighted by Gasteiger charge is 2.34. The molecule has 0 amide bonds. The highest BCUT2D eigenvalue weighted by Crippen LogP contribution is 2.41. The number of H-pyrrole nitrogens is 1. The molecule has 156 valence electrons. The molecule has 1 aliphatic carbocycles. The maximum absolute atomic E-state index is 13.2. The van der Waals surface area contributed by atoms with Crippen molar-refractivity contribution in [1.82, 2.24) is 9.97 Å². The SMILES string of the molecule is CCC(C)(C)[C@@H]1CCc2nc3ccccc3c(C(=O)OCC(=O)c3ccc[nH]3)c2C1. The lowest BCUT2D eigenvalue weighted by atomic mass is 9.68. The number of benzene rings is 1. The van der Waals surface area contributed by atoms with E-state index in [2.05, 4.69) is 25.8 Å². The van der Waals surface area contributed by atoms with Crippen LogP contribution in [0.2, 0.25) is 0 Å². The van der Waals surface area contributed by atoms with Gasteiger partial charge in [-0.25, -0.2) is 4.79 Å². The second-order valence-electron chi connectivity index (χ2n) is 8.79. The molecule has 1 aromatic carbocycles. The first kappa shape index (κ1) is 20.3. The number of ether oxygens (including phenoxy) is 1. The molecular formula is C25H28N2O3. The molecule has 2 aromatic heterocycles. The Morgan fingerprint density at radius 3 is 2.73 bits per heavy atom. The average Bonchev–Trinajstić information content (AvgIpc) is 3.30. The highest BCUT2D eigenvalue weighted by molar-refractivity contribution is 6.06. The zero-order chi connectivity index (χ0) is 21.3. The van der Waals surface area contributed by atoms with Crippen LogP contribution in [0.4, 0.5) is 0 Å². The summed E-state index contributed by atoms with van der Waals surface area (Å²) in [6.07, 6.45) is 5.49. The van der Waals surface area contributed by atoms with Crippen molar-refractivity contribution in [2.45, 2.75) is 46.5 Å². The van der Waals surface area contributed by atoms with E-state index in [4.69, 9.17) is 9.72 Å². The van der Waals surface area contributed by atoms with Crippen molar-refractivity contribution in [2.24, 2.45) is 11.3 Å². The highest BCUT2D eigenvalue weighted by atomic mass is 16.5. The van der Waals surface area contributed by atoms with E-state index in [1.165, 1.54) is 0 Å². The van der Waals surface area contributed by atoms with E-state index in [0.717, 1.165) is 47.8 Å². The maximum atomic E-state index is 13.2. The normalized spacial score (nSPS) is 16.3. The number of aromatic amines is 1. The number of fused-ring (bicyclic) bond motifs is 2. The quantitative estimate of drug-likeness (QED) is 0.456. The molecule has 1 atom stereocenters. The molecule has 3 aromatic rings. The number of ketones is 1. The average molecular weight is 405 g/mol. The Morgan fingerprint density at radius 2 is 2.00 bits per heavy atom. The smallest absolute Gasteiger partial charge is 0.339 e. The lowest BCUT2D eigenvalue weighted by Gasteiger charge is -2.37. The molecule has 30 heavy (non-hydrogen) atoms. The molecule has 0 spiro atoms. The number of carbonyl (C=O) groups excluding carboxylic acids is 2. The molecule has 2 heterocycles. The van der Waals surface area contributed by atoms with Crippen LogP contribution in [0, 0.1) is 11.3 Å². The Kier molecular flexibility index (Phi) is 5.46. The monoisotopic (exact) mass is 404 g/mol. The van der Waals surface area contributed by atoms with E-state index < -0.39 is 5.97 Å². The molecule has 5 heteroatoms. The van der Waals surface area contributed by atoms with Gasteiger partial charge in [0.2, 0.25) is 5.78 Å². The second-order valence-corrected chi connectivity index (χ2v) is 8.79. The van der Waals surface area contributed by atoms with Crippen LogP contribution in [0.25, 0.3) is 10.9 Å². The standard InChI is InChI=1S/C25H28N2O3/c1-4-25(2,3)16-11-12-20-18(14-16)23(17-8-5-6-9-19(17)27-20)24(29)30-15-22(28)21-10-7-13-26-21/h5-10,13,16,26H,4,11-12,14-15H2,1-3H3/t16-/m1/s1. The fourth-order valence-corrected chi connectivity index (χ4v) is 4.36. The zero-order valence-electron chi connectivity index (χ0n) is 17.8. The van der Waals surface area contributed by atoms with Crippen LogP contribution in [0.5, 0.6) is 0 Å². The fourth-order valence-electron chi connectivity index (χ4n) is 4.36. The third-order valence-electron chi connectivity index (χ3n) is 6.71. The number of hydrogen-bond acceptors (Lipinski definition) is 4. The minimum atomic E-state index is -0.445. The number of aromatic nitrogens is 2. The van der Waals surface area contributed by atoms with Crippen LogP contribution >= 0.6 is 0 Å². The first-order valence-electron chi connectivity index (χ1n) is 10.6. The van der Waals surface area contributed by atoms with Gasteiger partial charge < -0.3 is 9.72 Å². The lowest BCUT2D eigenvalue weighted by Crippen LogP contribution is -2.31. The summed E-state index contributed by atoms with van der Waals surface area (Å²) in [7, 11) is 0. The summed E-state index contributed by atoms with van der Waals surface area (Å²) in [4.78, 5) is 33.2. The third kappa shape index (κ3) is 3.76. The Bertz CT molecular complexity index is 1080. The van der Waals surface area contributed by atoms with Gasteiger partial charge in [0.25, 0.3) is 0 Å². The van der Waals surface area contributed by atoms with Gasteiger partial charge in [0, 0.05) is 17.3 Å². The summed E-state index contributed by atoms with van der Waals surface area (Å²) in [5.74, 6) is -0.213. The van der Waals surface area contributed by atoms with Crippen LogP contribution in [0.15, 0.2) is 42.6 Å². The van der Waals surface area contributed by atoms with E-state index in [-0.39, 0.29) is 17.8 Å². The number of aryl methyl sites for hydroxylation is 1. The predicted octanol–water partition coefficient (Wildman–Crippen LogP) is 5.14. The number of Topliss-reactive ketones (excluding diaryl/α,β-unsaturated/α-hetero) is 1. The Morgan fingerprint density at radius 1 is 1.20 bits per heavy atom. The number of nitrogens with one attached hydrogen (secondary N) is 1. The molecule has 0 radical (unpaired) electrons. The first-order valence-corrected chi connectivity index (χ1v) is 10.6. The molecule has 0 unspecified atom stereocenters. The number of pyridine rings is 1.